The predicted molar refractivity (Wildman–Crippen MR) is 133 cm³/mol. The number of hydrogen-bond acceptors (Lipinski definition) is 6. The number of nitrogens with zero attached hydrogens (tertiary/aromatic N) is 1. The number of benzene rings is 2. The van der Waals surface area contributed by atoms with Gasteiger partial charge >= 0.3 is 0 Å². The molecule has 2 aromatic rings. The largest absolute Gasteiger partial charge is 0.494 e. The van der Waals surface area contributed by atoms with E-state index in [2.05, 4.69) is 21.2 Å². The summed E-state index contributed by atoms with van der Waals surface area (Å²) in [7, 11) is 0. The van der Waals surface area contributed by atoms with Gasteiger partial charge in [0.15, 0.2) is 0 Å². The van der Waals surface area contributed by atoms with E-state index in [1.54, 1.807) is 30.3 Å². The first-order valence-electron chi connectivity index (χ1n) is 10.5. The summed E-state index contributed by atoms with van der Waals surface area (Å²) in [6, 6.07) is 12.3. The Morgan fingerprint density at radius 2 is 1.91 bits per heavy atom. The fourth-order valence-corrected chi connectivity index (χ4v) is 4.26. The van der Waals surface area contributed by atoms with Gasteiger partial charge in [0.05, 0.1) is 22.1 Å². The Morgan fingerprint density at radius 1 is 1.18 bits per heavy atom. The summed E-state index contributed by atoms with van der Waals surface area (Å²) < 4.78 is 12.0. The van der Waals surface area contributed by atoms with Crippen molar-refractivity contribution in [1.82, 2.24) is 4.90 Å². The summed E-state index contributed by atoms with van der Waals surface area (Å²) >= 11 is 4.30. The maximum absolute atomic E-state index is 12.7. The molecule has 1 aliphatic heterocycles. The zero-order chi connectivity index (χ0) is 24.0. The van der Waals surface area contributed by atoms with E-state index in [1.807, 2.05) is 39.0 Å². The lowest BCUT2D eigenvalue weighted by molar-refractivity contribution is -0.127. The predicted octanol–water partition coefficient (Wildman–Crippen LogP) is 5.70. The number of carbonyl (C=O) groups is 3. The van der Waals surface area contributed by atoms with Crippen LogP contribution in [0.5, 0.6) is 11.5 Å². The van der Waals surface area contributed by atoms with E-state index in [9.17, 15) is 14.4 Å². The average Bonchev–Trinajstić information content (AvgIpc) is 3.04. The van der Waals surface area contributed by atoms with Gasteiger partial charge in [0.2, 0.25) is 5.91 Å². The monoisotopic (exact) mass is 532 g/mol. The standard InChI is InChI=1S/C24H25BrN2O5S/c1-4-15(3)32-20-11-6-16(12-19(20)25)13-21-23(29)27(24(30)33-21)14-22(28)26-17-7-9-18(10-8-17)31-5-2/h6-13,15H,4-5,14H2,1-3H3,(H,26,28)/b21-13+/t15-/m1/s1. The Hall–Kier alpha value is -2.78. The van der Waals surface area contributed by atoms with Crippen molar-refractivity contribution >= 4 is 56.5 Å². The summed E-state index contributed by atoms with van der Waals surface area (Å²) in [5.41, 5.74) is 1.29. The molecule has 0 aliphatic carbocycles. The van der Waals surface area contributed by atoms with Crippen molar-refractivity contribution in [3.63, 3.8) is 0 Å². The second-order valence-electron chi connectivity index (χ2n) is 7.30. The Kier molecular flexibility index (Phi) is 8.57. The van der Waals surface area contributed by atoms with Crippen LogP contribution in [0.3, 0.4) is 0 Å². The van der Waals surface area contributed by atoms with E-state index in [-0.39, 0.29) is 17.6 Å². The fraction of sp³-hybridized carbons (Fsp3) is 0.292. The van der Waals surface area contributed by atoms with Gasteiger partial charge in [-0.25, -0.2) is 0 Å². The number of rotatable bonds is 9. The second-order valence-corrected chi connectivity index (χ2v) is 9.15. The van der Waals surface area contributed by atoms with Gasteiger partial charge in [-0.3, -0.25) is 19.3 Å². The summed E-state index contributed by atoms with van der Waals surface area (Å²) in [4.78, 5) is 38.7. The molecule has 3 rings (SSSR count). The molecule has 2 aromatic carbocycles. The molecule has 3 amide bonds. The highest BCUT2D eigenvalue weighted by molar-refractivity contribution is 9.10. The number of halogens is 1. The van der Waals surface area contributed by atoms with Crippen molar-refractivity contribution in [2.45, 2.75) is 33.3 Å². The third-order valence-corrected chi connectivity index (χ3v) is 6.31. The fourth-order valence-electron chi connectivity index (χ4n) is 2.94. The van der Waals surface area contributed by atoms with Crippen molar-refractivity contribution in [2.75, 3.05) is 18.5 Å². The number of hydrogen-bond donors (Lipinski definition) is 1. The minimum atomic E-state index is -0.497. The van der Waals surface area contributed by atoms with Gasteiger partial charge in [0.1, 0.15) is 18.0 Å². The number of thioether (sulfide) groups is 1. The summed E-state index contributed by atoms with van der Waals surface area (Å²) in [6.07, 6.45) is 2.60. The lowest BCUT2D eigenvalue weighted by atomic mass is 10.2. The smallest absolute Gasteiger partial charge is 0.294 e. The zero-order valence-corrected chi connectivity index (χ0v) is 21.0. The number of carbonyl (C=O) groups excluding carboxylic acids is 3. The number of imide groups is 1. The lowest BCUT2D eigenvalue weighted by Crippen LogP contribution is -2.36. The summed E-state index contributed by atoms with van der Waals surface area (Å²) in [5.74, 6) is 0.443. The first-order chi connectivity index (χ1) is 15.8. The third-order valence-electron chi connectivity index (χ3n) is 4.78. The van der Waals surface area contributed by atoms with E-state index in [0.717, 1.165) is 33.1 Å². The first kappa shape index (κ1) is 24.9. The van der Waals surface area contributed by atoms with Gasteiger partial charge in [0, 0.05) is 5.69 Å². The molecule has 1 heterocycles. The van der Waals surface area contributed by atoms with Crippen LogP contribution in [0.4, 0.5) is 10.5 Å². The molecule has 0 radical (unpaired) electrons. The molecule has 1 saturated heterocycles. The van der Waals surface area contributed by atoms with E-state index in [1.165, 1.54) is 0 Å². The number of amides is 3. The third kappa shape index (κ3) is 6.61. The Morgan fingerprint density at radius 3 is 2.55 bits per heavy atom. The molecular weight excluding hydrogens is 508 g/mol. The van der Waals surface area contributed by atoms with Crippen molar-refractivity contribution < 1.29 is 23.9 Å². The van der Waals surface area contributed by atoms with E-state index in [0.29, 0.717) is 23.8 Å². The lowest BCUT2D eigenvalue weighted by Gasteiger charge is -2.14. The van der Waals surface area contributed by atoms with E-state index in [4.69, 9.17) is 9.47 Å². The van der Waals surface area contributed by atoms with Crippen LogP contribution in [-0.4, -0.2) is 41.2 Å². The van der Waals surface area contributed by atoms with Gasteiger partial charge in [-0.2, -0.15) is 0 Å². The van der Waals surface area contributed by atoms with Crippen LogP contribution in [0.25, 0.3) is 6.08 Å². The van der Waals surface area contributed by atoms with Crippen LogP contribution in [0.1, 0.15) is 32.8 Å². The summed E-state index contributed by atoms with van der Waals surface area (Å²) in [6.45, 7) is 6.10. The second kappa shape index (κ2) is 11.4. The Labute approximate surface area is 205 Å². The molecule has 9 heteroatoms. The highest BCUT2D eigenvalue weighted by atomic mass is 79.9. The van der Waals surface area contributed by atoms with E-state index < -0.39 is 17.1 Å². The highest BCUT2D eigenvalue weighted by Crippen LogP contribution is 2.34. The molecule has 33 heavy (non-hydrogen) atoms. The molecule has 0 spiro atoms. The van der Waals surface area contributed by atoms with Gasteiger partial charge in [-0.05, 0) is 96.0 Å². The highest BCUT2D eigenvalue weighted by Gasteiger charge is 2.36. The van der Waals surface area contributed by atoms with Crippen molar-refractivity contribution in [1.29, 1.82) is 0 Å². The van der Waals surface area contributed by atoms with Crippen LogP contribution >= 0.6 is 27.7 Å². The zero-order valence-electron chi connectivity index (χ0n) is 18.6. The van der Waals surface area contributed by atoms with Gasteiger partial charge in [0.25, 0.3) is 11.1 Å². The molecule has 174 valence electrons. The molecule has 1 N–H and O–H groups in total. The molecule has 0 aromatic heterocycles. The maximum Gasteiger partial charge on any atom is 0.294 e. The van der Waals surface area contributed by atoms with Crippen molar-refractivity contribution in [3.05, 3.63) is 57.4 Å². The SMILES string of the molecule is CCOc1ccc(NC(=O)CN2C(=O)S/C(=C/c3ccc(O[C@H](C)CC)c(Br)c3)C2=O)cc1. The number of ether oxygens (including phenoxy) is 2. The minimum Gasteiger partial charge on any atom is -0.494 e. The number of anilines is 1. The van der Waals surface area contributed by atoms with Crippen LogP contribution in [-0.2, 0) is 9.59 Å². The quantitative estimate of drug-likeness (QED) is 0.417. The minimum absolute atomic E-state index is 0.0809. The van der Waals surface area contributed by atoms with Crippen molar-refractivity contribution in [2.24, 2.45) is 0 Å². The van der Waals surface area contributed by atoms with Crippen LogP contribution in [0.15, 0.2) is 51.8 Å². The van der Waals surface area contributed by atoms with E-state index >= 15 is 0 Å². The molecule has 1 aliphatic rings. The Bertz CT molecular complexity index is 1070. The molecule has 0 bridgehead atoms. The van der Waals surface area contributed by atoms with Gasteiger partial charge < -0.3 is 14.8 Å². The van der Waals surface area contributed by atoms with Gasteiger partial charge in [-0.15, -0.1) is 0 Å². The summed E-state index contributed by atoms with van der Waals surface area (Å²) in [5, 5.41) is 2.21. The molecule has 0 unspecified atom stereocenters. The Balaban J connectivity index is 1.64. The molecule has 7 nitrogen and oxygen atoms in total. The normalized spacial score (nSPS) is 15.6. The van der Waals surface area contributed by atoms with Crippen molar-refractivity contribution in [3.8, 4) is 11.5 Å². The van der Waals surface area contributed by atoms with Crippen LogP contribution < -0.4 is 14.8 Å². The number of nitrogens with one attached hydrogen (secondary N) is 1. The van der Waals surface area contributed by atoms with Crippen LogP contribution in [0.2, 0.25) is 0 Å². The molecule has 1 atom stereocenters. The average molecular weight is 533 g/mol. The topological polar surface area (TPSA) is 84.9 Å². The molecular formula is C24H25BrN2O5S. The first-order valence-corrected chi connectivity index (χ1v) is 12.2. The molecule has 0 saturated carbocycles. The van der Waals surface area contributed by atoms with Crippen LogP contribution in [0, 0.1) is 0 Å². The molecule has 1 fully saturated rings. The van der Waals surface area contributed by atoms with Gasteiger partial charge in [-0.1, -0.05) is 13.0 Å². The maximum atomic E-state index is 12.7.